The second-order valence-corrected chi connectivity index (χ2v) is 7.83. The van der Waals surface area contributed by atoms with E-state index >= 15 is 0 Å². The Labute approximate surface area is 164 Å². The average molecular weight is 391 g/mol. The quantitative estimate of drug-likeness (QED) is 0.170. The van der Waals surface area contributed by atoms with Crippen LogP contribution < -0.4 is 0 Å². The molecule has 2 unspecified atom stereocenters. The SMILES string of the molecule is CCCCCCCCCCCCCCCC(CC(O)CO)C(O)(O)C(=O)O. The molecule has 0 fully saturated rings. The molecule has 0 aliphatic heterocycles. The van der Waals surface area contributed by atoms with Gasteiger partial charge in [-0.1, -0.05) is 90.4 Å². The van der Waals surface area contributed by atoms with Gasteiger partial charge in [0.15, 0.2) is 0 Å². The summed E-state index contributed by atoms with van der Waals surface area (Å²) in [5.74, 6) is -5.58. The maximum absolute atomic E-state index is 11.0. The first kappa shape index (κ1) is 26.3. The Morgan fingerprint density at radius 2 is 1.22 bits per heavy atom. The van der Waals surface area contributed by atoms with Gasteiger partial charge in [-0.25, -0.2) is 4.79 Å². The minimum absolute atomic E-state index is 0.145. The molecule has 0 aliphatic rings. The monoisotopic (exact) mass is 390 g/mol. The summed E-state index contributed by atoms with van der Waals surface area (Å²) in [6, 6.07) is 0. The zero-order valence-corrected chi connectivity index (χ0v) is 17.1. The lowest BCUT2D eigenvalue weighted by Gasteiger charge is -2.28. The van der Waals surface area contributed by atoms with Crippen LogP contribution in [-0.4, -0.2) is 50.0 Å². The molecule has 0 spiro atoms. The molecule has 162 valence electrons. The smallest absolute Gasteiger partial charge is 0.364 e. The Bertz CT molecular complexity index is 359. The number of aliphatic hydroxyl groups is 4. The normalized spacial score (nSPS) is 14.3. The Balaban J connectivity index is 3.78. The van der Waals surface area contributed by atoms with Crippen molar-refractivity contribution in [2.24, 2.45) is 5.92 Å². The Hall–Kier alpha value is -0.690. The molecule has 6 heteroatoms. The maximum atomic E-state index is 11.0. The van der Waals surface area contributed by atoms with Crippen LogP contribution in [0.5, 0.6) is 0 Å². The molecule has 0 rings (SSSR count). The minimum Gasteiger partial charge on any atom is -0.477 e. The number of hydrogen-bond donors (Lipinski definition) is 5. The molecule has 0 saturated heterocycles. The van der Waals surface area contributed by atoms with Gasteiger partial charge in [0, 0.05) is 5.92 Å². The van der Waals surface area contributed by atoms with E-state index in [2.05, 4.69) is 6.92 Å². The molecule has 0 aliphatic carbocycles. The van der Waals surface area contributed by atoms with Crippen LogP contribution in [0.25, 0.3) is 0 Å². The lowest BCUT2D eigenvalue weighted by molar-refractivity contribution is -0.227. The van der Waals surface area contributed by atoms with Crippen LogP contribution in [-0.2, 0) is 4.79 Å². The summed E-state index contributed by atoms with van der Waals surface area (Å²) in [6.45, 7) is 1.71. The third-order valence-electron chi connectivity index (χ3n) is 5.31. The standard InChI is InChI=1S/C21H42O6/c1-2-3-4-5-6-7-8-9-10-11-12-13-14-15-18(16-19(23)17-22)21(26,27)20(24)25/h18-19,22-23,26-27H,2-17H2,1H3,(H,24,25). The summed E-state index contributed by atoms with van der Waals surface area (Å²) in [5, 5.41) is 46.9. The molecular formula is C21H42O6. The molecule has 0 saturated carbocycles. The third kappa shape index (κ3) is 13.2. The predicted molar refractivity (Wildman–Crippen MR) is 106 cm³/mol. The van der Waals surface area contributed by atoms with Crippen molar-refractivity contribution in [1.82, 2.24) is 0 Å². The molecule has 0 aromatic rings. The van der Waals surface area contributed by atoms with Crippen molar-refractivity contribution in [3.05, 3.63) is 0 Å². The molecule has 0 aromatic carbocycles. The highest BCUT2D eigenvalue weighted by atomic mass is 16.5. The fourth-order valence-electron chi connectivity index (χ4n) is 3.47. The van der Waals surface area contributed by atoms with E-state index in [4.69, 9.17) is 10.2 Å². The lowest BCUT2D eigenvalue weighted by Crippen LogP contribution is -2.47. The number of carboxylic acid groups (broad SMARTS) is 1. The molecular weight excluding hydrogens is 348 g/mol. The highest BCUT2D eigenvalue weighted by Crippen LogP contribution is 2.27. The van der Waals surface area contributed by atoms with E-state index in [9.17, 15) is 20.1 Å². The molecule has 27 heavy (non-hydrogen) atoms. The first-order chi connectivity index (χ1) is 12.9. The van der Waals surface area contributed by atoms with Gasteiger partial charge in [-0.3, -0.25) is 0 Å². The fourth-order valence-corrected chi connectivity index (χ4v) is 3.47. The first-order valence-electron chi connectivity index (χ1n) is 10.8. The van der Waals surface area contributed by atoms with E-state index in [-0.39, 0.29) is 6.42 Å². The van der Waals surface area contributed by atoms with Crippen LogP contribution in [0.1, 0.15) is 103 Å². The molecule has 2 atom stereocenters. The number of hydrogen-bond acceptors (Lipinski definition) is 5. The van der Waals surface area contributed by atoms with Crippen molar-refractivity contribution in [2.75, 3.05) is 6.61 Å². The van der Waals surface area contributed by atoms with Crippen molar-refractivity contribution in [2.45, 2.75) is 115 Å². The van der Waals surface area contributed by atoms with E-state index < -0.39 is 30.4 Å². The Morgan fingerprint density at radius 1 is 0.815 bits per heavy atom. The number of aliphatic carboxylic acids is 1. The van der Waals surface area contributed by atoms with Gasteiger partial charge >= 0.3 is 5.97 Å². The molecule has 0 heterocycles. The second kappa shape index (κ2) is 16.3. The summed E-state index contributed by atoms with van der Waals surface area (Å²) >= 11 is 0. The van der Waals surface area contributed by atoms with Crippen LogP contribution in [0, 0.1) is 5.92 Å². The van der Waals surface area contributed by atoms with Crippen LogP contribution in [0.15, 0.2) is 0 Å². The van der Waals surface area contributed by atoms with E-state index in [0.717, 1.165) is 19.3 Å². The lowest BCUT2D eigenvalue weighted by atomic mass is 9.87. The van der Waals surface area contributed by atoms with Gasteiger partial charge in [0.2, 0.25) is 0 Å². The van der Waals surface area contributed by atoms with Crippen molar-refractivity contribution in [1.29, 1.82) is 0 Å². The Kier molecular flexibility index (Phi) is 15.9. The maximum Gasteiger partial charge on any atom is 0.364 e. The highest BCUT2D eigenvalue weighted by molar-refractivity contribution is 5.75. The van der Waals surface area contributed by atoms with Gasteiger partial charge in [-0.2, -0.15) is 0 Å². The second-order valence-electron chi connectivity index (χ2n) is 7.83. The molecule has 0 radical (unpaired) electrons. The van der Waals surface area contributed by atoms with Crippen molar-refractivity contribution >= 4 is 5.97 Å². The van der Waals surface area contributed by atoms with E-state index in [0.29, 0.717) is 12.8 Å². The molecule has 0 aromatic heterocycles. The van der Waals surface area contributed by atoms with Crippen LogP contribution >= 0.6 is 0 Å². The zero-order valence-electron chi connectivity index (χ0n) is 17.1. The van der Waals surface area contributed by atoms with Gasteiger partial charge in [-0.05, 0) is 12.8 Å². The molecule has 0 amide bonds. The van der Waals surface area contributed by atoms with E-state index in [1.54, 1.807) is 0 Å². The van der Waals surface area contributed by atoms with Gasteiger partial charge in [-0.15, -0.1) is 0 Å². The summed E-state index contributed by atoms with van der Waals surface area (Å²) in [5.41, 5.74) is 0. The van der Waals surface area contributed by atoms with Crippen LogP contribution in [0.3, 0.4) is 0 Å². The molecule has 0 bridgehead atoms. The van der Waals surface area contributed by atoms with Crippen molar-refractivity contribution in [3.63, 3.8) is 0 Å². The number of carboxylic acids is 1. The van der Waals surface area contributed by atoms with Gasteiger partial charge in [0.1, 0.15) is 0 Å². The number of carbonyl (C=O) groups is 1. The predicted octanol–water partition coefficient (Wildman–Crippen LogP) is 3.59. The summed E-state index contributed by atoms with van der Waals surface area (Å²) in [6.07, 6.45) is 14.6. The van der Waals surface area contributed by atoms with Crippen LogP contribution in [0.4, 0.5) is 0 Å². The van der Waals surface area contributed by atoms with Gasteiger partial charge < -0.3 is 25.5 Å². The molecule has 6 nitrogen and oxygen atoms in total. The van der Waals surface area contributed by atoms with E-state index in [1.807, 2.05) is 0 Å². The third-order valence-corrected chi connectivity index (χ3v) is 5.31. The summed E-state index contributed by atoms with van der Waals surface area (Å²) < 4.78 is 0. The first-order valence-corrected chi connectivity index (χ1v) is 10.8. The average Bonchev–Trinajstić information content (AvgIpc) is 2.63. The van der Waals surface area contributed by atoms with Gasteiger partial charge in [0.25, 0.3) is 5.79 Å². The minimum atomic E-state index is -2.87. The zero-order chi connectivity index (χ0) is 20.5. The van der Waals surface area contributed by atoms with E-state index in [1.165, 1.54) is 57.8 Å². The summed E-state index contributed by atoms with van der Waals surface area (Å²) in [7, 11) is 0. The van der Waals surface area contributed by atoms with Crippen LogP contribution in [0.2, 0.25) is 0 Å². The Morgan fingerprint density at radius 3 is 1.59 bits per heavy atom. The largest absolute Gasteiger partial charge is 0.477 e. The van der Waals surface area contributed by atoms with Crippen molar-refractivity contribution in [3.8, 4) is 0 Å². The summed E-state index contributed by atoms with van der Waals surface area (Å²) in [4.78, 5) is 11.0. The topological polar surface area (TPSA) is 118 Å². The van der Waals surface area contributed by atoms with Gasteiger partial charge in [0.05, 0.1) is 12.7 Å². The molecule has 5 N–H and O–H groups in total. The number of rotatable bonds is 19. The number of aliphatic hydroxyl groups excluding tert-OH is 2. The fraction of sp³-hybridized carbons (Fsp3) is 0.952. The highest BCUT2D eigenvalue weighted by Gasteiger charge is 2.42. The van der Waals surface area contributed by atoms with Crippen molar-refractivity contribution < 1.29 is 30.3 Å². The number of unbranched alkanes of at least 4 members (excludes halogenated alkanes) is 12.